The summed E-state index contributed by atoms with van der Waals surface area (Å²) in [7, 11) is 2.10. The van der Waals surface area contributed by atoms with Gasteiger partial charge in [0.2, 0.25) is 0 Å². The molecule has 88 valence electrons. The van der Waals surface area contributed by atoms with Crippen LogP contribution in [-0.2, 0) is 19.4 Å². The minimum absolute atomic E-state index is 0.587. The molecule has 2 N–H and O–H groups in total. The highest BCUT2D eigenvalue weighted by atomic mass is 15.2. The van der Waals surface area contributed by atoms with E-state index < -0.39 is 0 Å². The molecule has 1 heterocycles. The fourth-order valence-corrected chi connectivity index (χ4v) is 2.43. The first-order chi connectivity index (χ1) is 7.76. The SMILES string of the molecule is CCCN(C)c1nc2c(cc1CN)CCC2. The van der Waals surface area contributed by atoms with E-state index in [-0.39, 0.29) is 0 Å². The molecule has 0 amide bonds. The molecule has 0 atom stereocenters. The third-order valence-electron chi connectivity index (χ3n) is 3.25. The standard InChI is InChI=1S/C13H21N3/c1-3-7-16(2)13-11(9-14)8-10-5-4-6-12(10)15-13/h8H,3-7,9,14H2,1-2H3. The van der Waals surface area contributed by atoms with Crippen molar-refractivity contribution in [3.63, 3.8) is 0 Å². The second-order valence-electron chi connectivity index (χ2n) is 4.56. The quantitative estimate of drug-likeness (QED) is 0.840. The van der Waals surface area contributed by atoms with Gasteiger partial charge < -0.3 is 10.6 Å². The van der Waals surface area contributed by atoms with Crippen molar-refractivity contribution in [3.05, 3.63) is 22.9 Å². The third kappa shape index (κ3) is 2.05. The molecule has 1 aromatic heterocycles. The van der Waals surface area contributed by atoms with E-state index in [1.807, 2.05) is 0 Å². The van der Waals surface area contributed by atoms with E-state index in [2.05, 4.69) is 24.9 Å². The van der Waals surface area contributed by atoms with Crippen LogP contribution in [-0.4, -0.2) is 18.6 Å². The number of aryl methyl sites for hydroxylation is 2. The molecule has 0 spiro atoms. The van der Waals surface area contributed by atoms with Crippen molar-refractivity contribution in [1.29, 1.82) is 0 Å². The van der Waals surface area contributed by atoms with Gasteiger partial charge in [-0.2, -0.15) is 0 Å². The summed E-state index contributed by atoms with van der Waals surface area (Å²) in [6.07, 6.45) is 4.69. The molecule has 0 saturated heterocycles. The first-order valence-corrected chi connectivity index (χ1v) is 6.19. The van der Waals surface area contributed by atoms with E-state index in [0.717, 1.165) is 25.2 Å². The van der Waals surface area contributed by atoms with Gasteiger partial charge in [-0.05, 0) is 37.3 Å². The minimum Gasteiger partial charge on any atom is -0.359 e. The van der Waals surface area contributed by atoms with E-state index in [9.17, 15) is 0 Å². The summed E-state index contributed by atoms with van der Waals surface area (Å²) in [4.78, 5) is 7.01. The van der Waals surface area contributed by atoms with Crippen LogP contribution in [0.5, 0.6) is 0 Å². The molecule has 3 nitrogen and oxygen atoms in total. The summed E-state index contributed by atoms with van der Waals surface area (Å²) in [5, 5.41) is 0. The van der Waals surface area contributed by atoms with Crippen molar-refractivity contribution in [1.82, 2.24) is 4.98 Å². The van der Waals surface area contributed by atoms with Crippen LogP contribution < -0.4 is 10.6 Å². The Labute approximate surface area is 97.7 Å². The highest BCUT2D eigenvalue weighted by Crippen LogP contribution is 2.26. The fourth-order valence-electron chi connectivity index (χ4n) is 2.43. The van der Waals surface area contributed by atoms with E-state index in [1.54, 1.807) is 0 Å². The van der Waals surface area contributed by atoms with Crippen molar-refractivity contribution in [3.8, 4) is 0 Å². The van der Waals surface area contributed by atoms with Gasteiger partial charge >= 0.3 is 0 Å². The molecule has 0 bridgehead atoms. The Balaban J connectivity index is 2.35. The number of fused-ring (bicyclic) bond motifs is 1. The maximum Gasteiger partial charge on any atom is 0.133 e. The summed E-state index contributed by atoms with van der Waals surface area (Å²) in [6, 6.07) is 2.26. The lowest BCUT2D eigenvalue weighted by Crippen LogP contribution is -2.22. The maximum absolute atomic E-state index is 5.81. The van der Waals surface area contributed by atoms with E-state index in [0.29, 0.717) is 6.54 Å². The lowest BCUT2D eigenvalue weighted by Gasteiger charge is -2.21. The molecule has 0 fully saturated rings. The lowest BCUT2D eigenvalue weighted by molar-refractivity contribution is 0.819. The summed E-state index contributed by atoms with van der Waals surface area (Å²) in [5.74, 6) is 1.09. The zero-order valence-electron chi connectivity index (χ0n) is 10.3. The van der Waals surface area contributed by atoms with E-state index >= 15 is 0 Å². The van der Waals surface area contributed by atoms with Crippen molar-refractivity contribution in [2.75, 3.05) is 18.5 Å². The van der Waals surface area contributed by atoms with Crippen molar-refractivity contribution >= 4 is 5.82 Å². The second-order valence-corrected chi connectivity index (χ2v) is 4.56. The number of hydrogen-bond donors (Lipinski definition) is 1. The molecule has 0 radical (unpaired) electrons. The number of aromatic nitrogens is 1. The summed E-state index contributed by atoms with van der Waals surface area (Å²) in [6.45, 7) is 3.81. The Kier molecular flexibility index (Phi) is 3.44. The Morgan fingerprint density at radius 1 is 1.44 bits per heavy atom. The fraction of sp³-hybridized carbons (Fsp3) is 0.615. The smallest absolute Gasteiger partial charge is 0.133 e. The Morgan fingerprint density at radius 3 is 2.94 bits per heavy atom. The number of hydrogen-bond acceptors (Lipinski definition) is 3. The molecule has 0 aliphatic heterocycles. The van der Waals surface area contributed by atoms with Gasteiger partial charge in [0.25, 0.3) is 0 Å². The average Bonchev–Trinajstić information content (AvgIpc) is 2.74. The molecular weight excluding hydrogens is 198 g/mol. The molecule has 0 unspecified atom stereocenters. The van der Waals surface area contributed by atoms with Gasteiger partial charge in [-0.3, -0.25) is 0 Å². The third-order valence-corrected chi connectivity index (χ3v) is 3.25. The first kappa shape index (κ1) is 11.4. The number of nitrogens with zero attached hydrogens (tertiary/aromatic N) is 2. The van der Waals surface area contributed by atoms with Crippen molar-refractivity contribution < 1.29 is 0 Å². The Morgan fingerprint density at radius 2 is 2.25 bits per heavy atom. The number of rotatable bonds is 4. The van der Waals surface area contributed by atoms with Gasteiger partial charge in [0.05, 0.1) is 0 Å². The molecule has 0 aromatic carbocycles. The predicted octanol–water partition coefficient (Wildman–Crippen LogP) is 1.88. The monoisotopic (exact) mass is 219 g/mol. The second kappa shape index (κ2) is 4.83. The molecule has 1 aromatic rings. The van der Waals surface area contributed by atoms with Crippen LogP contribution in [0.3, 0.4) is 0 Å². The van der Waals surface area contributed by atoms with Crippen LogP contribution >= 0.6 is 0 Å². The van der Waals surface area contributed by atoms with Crippen LogP contribution in [0.15, 0.2) is 6.07 Å². The van der Waals surface area contributed by atoms with Crippen LogP contribution in [0.25, 0.3) is 0 Å². The molecule has 1 aliphatic rings. The molecule has 1 aliphatic carbocycles. The minimum atomic E-state index is 0.587. The van der Waals surface area contributed by atoms with Crippen LogP contribution in [0.1, 0.15) is 36.6 Å². The van der Waals surface area contributed by atoms with Crippen molar-refractivity contribution in [2.24, 2.45) is 5.73 Å². The van der Waals surface area contributed by atoms with Gasteiger partial charge in [-0.1, -0.05) is 6.92 Å². The molecule has 16 heavy (non-hydrogen) atoms. The summed E-state index contributed by atoms with van der Waals surface area (Å²) >= 11 is 0. The van der Waals surface area contributed by atoms with Gasteiger partial charge in [0.15, 0.2) is 0 Å². The zero-order valence-corrected chi connectivity index (χ0v) is 10.3. The molecule has 3 heteroatoms. The molecule has 0 saturated carbocycles. The zero-order chi connectivity index (χ0) is 11.5. The summed E-state index contributed by atoms with van der Waals surface area (Å²) < 4.78 is 0. The highest BCUT2D eigenvalue weighted by Gasteiger charge is 2.17. The van der Waals surface area contributed by atoms with Gasteiger partial charge in [0, 0.05) is 31.4 Å². The maximum atomic E-state index is 5.81. The highest BCUT2D eigenvalue weighted by molar-refractivity contribution is 5.50. The summed E-state index contributed by atoms with van der Waals surface area (Å²) in [5.41, 5.74) is 9.70. The largest absolute Gasteiger partial charge is 0.359 e. The Hall–Kier alpha value is -1.09. The van der Waals surface area contributed by atoms with Gasteiger partial charge in [-0.15, -0.1) is 0 Å². The van der Waals surface area contributed by atoms with Crippen LogP contribution in [0.4, 0.5) is 5.82 Å². The van der Waals surface area contributed by atoms with E-state index in [4.69, 9.17) is 10.7 Å². The number of pyridine rings is 1. The lowest BCUT2D eigenvalue weighted by atomic mass is 10.1. The normalized spacial score (nSPS) is 13.9. The van der Waals surface area contributed by atoms with E-state index in [1.165, 1.54) is 29.7 Å². The molecule has 2 rings (SSSR count). The number of nitrogens with two attached hydrogens (primary N) is 1. The van der Waals surface area contributed by atoms with Crippen LogP contribution in [0.2, 0.25) is 0 Å². The van der Waals surface area contributed by atoms with Crippen molar-refractivity contribution in [2.45, 2.75) is 39.2 Å². The molecular formula is C13H21N3. The number of anilines is 1. The average molecular weight is 219 g/mol. The first-order valence-electron chi connectivity index (χ1n) is 6.19. The van der Waals surface area contributed by atoms with Crippen LogP contribution in [0, 0.1) is 0 Å². The predicted molar refractivity (Wildman–Crippen MR) is 67.7 cm³/mol. The van der Waals surface area contributed by atoms with Gasteiger partial charge in [-0.25, -0.2) is 4.98 Å². The Bertz CT molecular complexity index is 374. The topological polar surface area (TPSA) is 42.2 Å². The van der Waals surface area contributed by atoms with Gasteiger partial charge in [0.1, 0.15) is 5.82 Å².